The maximum absolute atomic E-state index is 14.5. The van der Waals surface area contributed by atoms with Crippen molar-refractivity contribution in [2.45, 2.75) is 34.2 Å². The van der Waals surface area contributed by atoms with E-state index in [2.05, 4.69) is 9.98 Å². The first-order valence-electron chi connectivity index (χ1n) is 10.6. The molecule has 0 amide bonds. The van der Waals surface area contributed by atoms with Crippen molar-refractivity contribution in [2.24, 2.45) is 4.99 Å². The van der Waals surface area contributed by atoms with Gasteiger partial charge in [-0.2, -0.15) is 0 Å². The maximum Gasteiger partial charge on any atom is 0.248 e. The number of hydrogen-bond acceptors (Lipinski definition) is 3. The standard InChI is InChI=1S/C26H24F2N4O/c1-5-29-16(3)15(2)26-30-17(4)25(18-9-7-6-8-10-18)32(26)14-19-13-22(33)31-24-20(19)11-12-21(27)23(24)28/h5-13H,14H2,1-4H3,(H,31,33)/b16-15+,29-5?. The zero-order valence-corrected chi connectivity index (χ0v) is 18.9. The Hall–Kier alpha value is -3.87. The molecule has 4 aromatic rings. The van der Waals surface area contributed by atoms with Crippen LogP contribution >= 0.6 is 0 Å². The lowest BCUT2D eigenvalue weighted by atomic mass is 10.1. The molecule has 0 radical (unpaired) electrons. The van der Waals surface area contributed by atoms with Gasteiger partial charge >= 0.3 is 0 Å². The molecule has 0 aliphatic rings. The summed E-state index contributed by atoms with van der Waals surface area (Å²) in [5.74, 6) is -1.38. The Morgan fingerprint density at radius 3 is 2.58 bits per heavy atom. The molecule has 5 nitrogen and oxygen atoms in total. The molecule has 0 fully saturated rings. The molecule has 168 valence electrons. The largest absolute Gasteiger partial charge is 0.319 e. The predicted molar refractivity (Wildman–Crippen MR) is 128 cm³/mol. The average molecular weight is 447 g/mol. The first-order chi connectivity index (χ1) is 15.8. The highest BCUT2D eigenvalue weighted by atomic mass is 19.2. The van der Waals surface area contributed by atoms with Crippen LogP contribution in [0.4, 0.5) is 8.78 Å². The van der Waals surface area contributed by atoms with Gasteiger partial charge in [-0.3, -0.25) is 9.79 Å². The molecule has 2 heterocycles. The lowest BCUT2D eigenvalue weighted by Gasteiger charge is -2.15. The third-order valence-corrected chi connectivity index (χ3v) is 5.71. The van der Waals surface area contributed by atoms with E-state index in [1.165, 1.54) is 12.1 Å². The van der Waals surface area contributed by atoms with Gasteiger partial charge < -0.3 is 9.55 Å². The summed E-state index contributed by atoms with van der Waals surface area (Å²) in [5.41, 5.74) is 4.27. The van der Waals surface area contributed by atoms with Gasteiger partial charge in [-0.1, -0.05) is 30.3 Å². The van der Waals surface area contributed by atoms with Crippen molar-refractivity contribution in [1.82, 2.24) is 14.5 Å². The van der Waals surface area contributed by atoms with E-state index < -0.39 is 17.2 Å². The Morgan fingerprint density at radius 1 is 1.15 bits per heavy atom. The summed E-state index contributed by atoms with van der Waals surface area (Å²) in [6.45, 7) is 7.87. The quantitative estimate of drug-likeness (QED) is 0.390. The minimum Gasteiger partial charge on any atom is -0.319 e. The number of benzene rings is 2. The monoisotopic (exact) mass is 446 g/mol. The van der Waals surface area contributed by atoms with Crippen LogP contribution in [0.15, 0.2) is 64.0 Å². The number of H-pyrrole nitrogens is 1. The smallest absolute Gasteiger partial charge is 0.248 e. The Kier molecular flexibility index (Phi) is 6.05. The minimum atomic E-state index is -1.07. The second-order valence-corrected chi connectivity index (χ2v) is 7.86. The first kappa shape index (κ1) is 22.3. The molecule has 0 saturated carbocycles. The Bertz CT molecular complexity index is 1460. The number of aryl methyl sites for hydroxylation is 1. The van der Waals surface area contributed by atoms with Crippen LogP contribution in [0.1, 0.15) is 37.9 Å². The summed E-state index contributed by atoms with van der Waals surface area (Å²) in [5, 5.41) is 0.440. The van der Waals surface area contributed by atoms with Crippen LogP contribution in [-0.4, -0.2) is 20.7 Å². The fourth-order valence-electron chi connectivity index (χ4n) is 4.06. The number of hydrogen-bond donors (Lipinski definition) is 1. The number of rotatable bonds is 5. The van der Waals surface area contributed by atoms with Crippen molar-refractivity contribution < 1.29 is 8.78 Å². The number of fused-ring (bicyclic) bond motifs is 1. The zero-order valence-electron chi connectivity index (χ0n) is 18.9. The summed E-state index contributed by atoms with van der Waals surface area (Å²) in [7, 11) is 0. The van der Waals surface area contributed by atoms with Crippen LogP contribution in [0.25, 0.3) is 27.7 Å². The van der Waals surface area contributed by atoms with Crippen molar-refractivity contribution >= 4 is 22.7 Å². The first-order valence-corrected chi connectivity index (χ1v) is 10.6. The van der Waals surface area contributed by atoms with Crippen molar-refractivity contribution in [2.75, 3.05) is 0 Å². The van der Waals surface area contributed by atoms with Gasteiger partial charge in [-0.25, -0.2) is 13.8 Å². The summed E-state index contributed by atoms with van der Waals surface area (Å²) in [6, 6.07) is 13.8. The minimum absolute atomic E-state index is 0.142. The fraction of sp³-hybridized carbons (Fsp3) is 0.192. The van der Waals surface area contributed by atoms with Crippen molar-refractivity contribution in [3.63, 3.8) is 0 Å². The summed E-state index contributed by atoms with van der Waals surface area (Å²) in [4.78, 5) is 24.0. The molecule has 1 N–H and O–H groups in total. The molecule has 0 atom stereocenters. The molecule has 7 heteroatoms. The number of aromatic nitrogens is 3. The maximum atomic E-state index is 14.5. The third-order valence-electron chi connectivity index (χ3n) is 5.71. The van der Waals surface area contributed by atoms with Gasteiger partial charge in [0.25, 0.3) is 0 Å². The normalized spacial score (nSPS) is 12.5. The number of nitrogens with one attached hydrogen (secondary N) is 1. The van der Waals surface area contributed by atoms with E-state index in [-0.39, 0.29) is 12.1 Å². The number of halogens is 2. The highest BCUT2D eigenvalue weighted by Crippen LogP contribution is 2.31. The van der Waals surface area contributed by atoms with E-state index in [0.29, 0.717) is 16.8 Å². The van der Waals surface area contributed by atoms with Gasteiger partial charge in [0, 0.05) is 34.5 Å². The van der Waals surface area contributed by atoms with E-state index in [1.807, 2.05) is 62.6 Å². The highest BCUT2D eigenvalue weighted by molar-refractivity contribution is 5.83. The van der Waals surface area contributed by atoms with Gasteiger partial charge in [0.05, 0.1) is 23.4 Å². The van der Waals surface area contributed by atoms with Crippen molar-refractivity contribution in [1.29, 1.82) is 0 Å². The SMILES string of the molecule is CC=N/C(C)=C(\C)c1nc(C)c(-c2ccccc2)n1Cc1cc(=O)[nH]c2c(F)c(F)ccc12. The van der Waals surface area contributed by atoms with Crippen LogP contribution < -0.4 is 5.56 Å². The average Bonchev–Trinajstić information content (AvgIpc) is 3.12. The van der Waals surface area contributed by atoms with Crippen LogP contribution in [0, 0.1) is 18.6 Å². The number of imidazole rings is 1. The molecular formula is C26H24F2N4O. The lowest BCUT2D eigenvalue weighted by Crippen LogP contribution is -2.13. The van der Waals surface area contributed by atoms with Gasteiger partial charge in [0.1, 0.15) is 5.82 Å². The molecule has 0 unspecified atom stereocenters. The topological polar surface area (TPSA) is 63.0 Å². The van der Waals surface area contributed by atoms with E-state index in [0.717, 1.165) is 34.3 Å². The Morgan fingerprint density at radius 2 is 1.88 bits per heavy atom. The predicted octanol–water partition coefficient (Wildman–Crippen LogP) is 5.87. The van der Waals surface area contributed by atoms with E-state index in [4.69, 9.17) is 4.98 Å². The van der Waals surface area contributed by atoms with E-state index in [1.54, 1.807) is 6.21 Å². The Labute approximate surface area is 190 Å². The molecule has 0 aliphatic carbocycles. The summed E-state index contributed by atoms with van der Waals surface area (Å²) >= 11 is 0. The summed E-state index contributed by atoms with van der Waals surface area (Å²) < 4.78 is 30.3. The second-order valence-electron chi connectivity index (χ2n) is 7.86. The lowest BCUT2D eigenvalue weighted by molar-refractivity contribution is 0.515. The zero-order chi connectivity index (χ0) is 23.7. The van der Waals surface area contributed by atoms with Crippen LogP contribution in [0.3, 0.4) is 0 Å². The molecule has 33 heavy (non-hydrogen) atoms. The van der Waals surface area contributed by atoms with Gasteiger partial charge in [0.15, 0.2) is 11.6 Å². The van der Waals surface area contributed by atoms with E-state index in [9.17, 15) is 13.6 Å². The number of nitrogens with zero attached hydrogens (tertiary/aromatic N) is 3. The molecule has 2 aromatic carbocycles. The molecule has 0 saturated heterocycles. The molecule has 0 spiro atoms. The van der Waals surface area contributed by atoms with Crippen molar-refractivity contribution in [3.05, 3.63) is 93.3 Å². The number of aliphatic imine (C=N–C) groups is 1. The molecule has 2 aromatic heterocycles. The van der Waals surface area contributed by atoms with Gasteiger partial charge in [-0.15, -0.1) is 0 Å². The van der Waals surface area contributed by atoms with Gasteiger partial charge in [-0.05, 0) is 45.4 Å². The molecule has 4 rings (SSSR count). The number of allylic oxidation sites excluding steroid dienone is 2. The fourth-order valence-corrected chi connectivity index (χ4v) is 4.06. The summed E-state index contributed by atoms with van der Waals surface area (Å²) in [6.07, 6.45) is 1.72. The molecule has 0 bridgehead atoms. The Balaban J connectivity index is 2.01. The second kappa shape index (κ2) is 8.94. The number of aromatic amines is 1. The van der Waals surface area contributed by atoms with Crippen LogP contribution in [0.2, 0.25) is 0 Å². The number of pyridine rings is 1. The van der Waals surface area contributed by atoms with E-state index >= 15 is 0 Å². The van der Waals surface area contributed by atoms with Gasteiger partial charge in [0.2, 0.25) is 5.56 Å². The third kappa shape index (κ3) is 4.14. The molecular weight excluding hydrogens is 422 g/mol. The van der Waals surface area contributed by atoms with Crippen LogP contribution in [-0.2, 0) is 6.54 Å². The van der Waals surface area contributed by atoms with Crippen molar-refractivity contribution in [3.8, 4) is 11.3 Å². The van der Waals surface area contributed by atoms with Crippen LogP contribution in [0.5, 0.6) is 0 Å². The highest BCUT2D eigenvalue weighted by Gasteiger charge is 2.20. The molecule has 0 aliphatic heterocycles.